The van der Waals surface area contributed by atoms with E-state index in [0.717, 1.165) is 32.2 Å². The number of rotatable bonds is 7. The molecule has 50 heavy (non-hydrogen) atoms. The minimum Gasteiger partial charge on any atom is -0.508 e. The van der Waals surface area contributed by atoms with Crippen molar-refractivity contribution in [1.82, 2.24) is 20.2 Å². The van der Waals surface area contributed by atoms with Crippen LogP contribution in [0.5, 0.6) is 11.8 Å². The number of aromatic nitrogens is 2. The van der Waals surface area contributed by atoms with Gasteiger partial charge in [0.1, 0.15) is 22.9 Å². The lowest BCUT2D eigenvalue weighted by Crippen LogP contribution is -2.51. The van der Waals surface area contributed by atoms with E-state index in [2.05, 4.69) is 26.0 Å². The van der Waals surface area contributed by atoms with Gasteiger partial charge in [0.2, 0.25) is 0 Å². The summed E-state index contributed by atoms with van der Waals surface area (Å²) >= 11 is 6.88. The lowest BCUT2D eigenvalue weighted by atomic mass is 9.92. The largest absolute Gasteiger partial charge is 0.508 e. The molecule has 4 aromatic rings. The van der Waals surface area contributed by atoms with E-state index in [1.165, 1.54) is 24.3 Å². The molecule has 0 amide bonds. The molecule has 3 saturated heterocycles. The maximum Gasteiger partial charge on any atom is 0.319 e. The fourth-order valence-corrected chi connectivity index (χ4v) is 9.02. The van der Waals surface area contributed by atoms with Crippen LogP contribution in [0.3, 0.4) is 0 Å². The number of nitrogens with zero attached hydrogens (tertiary/aromatic N) is 4. The number of likely N-dealkylation sites (tertiary alicyclic amines) is 1. The fraction of sp³-hybridized carbons (Fsp3) is 0.474. The van der Waals surface area contributed by atoms with Crippen LogP contribution in [0.25, 0.3) is 32.8 Å². The average molecular weight is 706 g/mol. The zero-order valence-electron chi connectivity index (χ0n) is 27.3. The SMILES string of the molecule is C#Cc1c(F)ccc2cc(O)cc(-c3c(Cl)cc4c(N5CC6CCC(C5)N6)nc(OCC5(CN6CCC7(CC6)CC7(F)F)CC5)nc4c3F)c12. The molecule has 2 atom stereocenters. The summed E-state index contributed by atoms with van der Waals surface area (Å²) in [4.78, 5) is 13.9. The number of ether oxygens (including phenoxy) is 1. The number of alkyl halides is 2. The molecular weight excluding hydrogens is 670 g/mol. The molecule has 0 radical (unpaired) electrons. The van der Waals surface area contributed by atoms with Crippen molar-refractivity contribution in [2.24, 2.45) is 10.8 Å². The van der Waals surface area contributed by atoms with Gasteiger partial charge in [-0.3, -0.25) is 0 Å². The molecule has 260 valence electrons. The molecule has 4 heterocycles. The maximum absolute atomic E-state index is 17.1. The number of terminal acetylenes is 1. The Balaban J connectivity index is 1.09. The number of benzene rings is 3. The lowest BCUT2D eigenvalue weighted by Gasteiger charge is -2.35. The van der Waals surface area contributed by atoms with Crippen LogP contribution in [-0.4, -0.2) is 77.3 Å². The van der Waals surface area contributed by atoms with Gasteiger partial charge in [-0.2, -0.15) is 9.97 Å². The van der Waals surface area contributed by atoms with Gasteiger partial charge >= 0.3 is 6.01 Å². The Hall–Kier alpha value is -3.85. The van der Waals surface area contributed by atoms with Crippen molar-refractivity contribution in [2.45, 2.75) is 63.0 Å². The molecule has 5 fully saturated rings. The third-order valence-electron chi connectivity index (χ3n) is 11.9. The Morgan fingerprint density at radius 1 is 1.04 bits per heavy atom. The summed E-state index contributed by atoms with van der Waals surface area (Å²) in [5.41, 5.74) is -0.959. The summed E-state index contributed by atoms with van der Waals surface area (Å²) in [5.74, 6) is -1.21. The van der Waals surface area contributed by atoms with Gasteiger partial charge in [-0.1, -0.05) is 23.6 Å². The summed E-state index contributed by atoms with van der Waals surface area (Å²) in [6.45, 7) is 3.68. The second kappa shape index (κ2) is 11.3. The second-order valence-electron chi connectivity index (χ2n) is 15.2. The average Bonchev–Trinajstić information content (AvgIpc) is 3.93. The van der Waals surface area contributed by atoms with E-state index >= 15 is 4.39 Å². The van der Waals surface area contributed by atoms with Gasteiger partial charge in [0.05, 0.1) is 17.2 Å². The first kappa shape index (κ1) is 32.1. The summed E-state index contributed by atoms with van der Waals surface area (Å²) < 4.78 is 66.3. The number of fused-ring (bicyclic) bond motifs is 4. The number of phenolic OH excluding ortho intramolecular Hbond substituents is 1. The van der Waals surface area contributed by atoms with Crippen LogP contribution in [0.4, 0.5) is 23.4 Å². The van der Waals surface area contributed by atoms with Crippen LogP contribution in [0.2, 0.25) is 5.02 Å². The molecule has 1 spiro atoms. The standard InChI is InChI=1S/C38H36ClF4N5O2/c1-2-25-29(40)6-3-21-13-24(49)14-26(30(21)25)31-28(39)15-27-33(32(31)41)45-35(46-34(27)48-16-22-4-5-23(17-48)44-22)50-20-36(7-8-36)19-47-11-9-37(10-12-47)18-38(37,42)43/h1,3,6,13-15,22-23,44,49H,4-5,7-12,16-20H2. The Kier molecular flexibility index (Phi) is 7.27. The summed E-state index contributed by atoms with van der Waals surface area (Å²) in [6.07, 6.45) is 10.7. The monoisotopic (exact) mass is 705 g/mol. The van der Waals surface area contributed by atoms with Crippen LogP contribution >= 0.6 is 11.6 Å². The Morgan fingerprint density at radius 2 is 1.76 bits per heavy atom. The number of piperazine rings is 1. The normalized spacial score (nSPS) is 24.5. The molecule has 2 saturated carbocycles. The van der Waals surface area contributed by atoms with Gasteiger partial charge in [0, 0.05) is 65.3 Å². The van der Waals surface area contributed by atoms with Crippen LogP contribution in [0.1, 0.15) is 50.5 Å². The molecule has 2 aliphatic carbocycles. The maximum atomic E-state index is 17.1. The molecule has 7 nitrogen and oxygen atoms in total. The number of piperidine rings is 1. The number of hydrogen-bond acceptors (Lipinski definition) is 7. The molecule has 1 aromatic heterocycles. The van der Waals surface area contributed by atoms with Crippen LogP contribution in [-0.2, 0) is 0 Å². The van der Waals surface area contributed by atoms with Crippen molar-refractivity contribution in [3.63, 3.8) is 0 Å². The topological polar surface area (TPSA) is 73.8 Å². The van der Waals surface area contributed by atoms with Gasteiger partial charge in [-0.05, 0) is 86.8 Å². The summed E-state index contributed by atoms with van der Waals surface area (Å²) in [7, 11) is 0. The van der Waals surface area contributed by atoms with Crippen LogP contribution < -0.4 is 15.0 Å². The third kappa shape index (κ3) is 5.25. The van der Waals surface area contributed by atoms with E-state index in [-0.39, 0.29) is 68.3 Å². The zero-order chi connectivity index (χ0) is 34.6. The second-order valence-corrected chi connectivity index (χ2v) is 15.6. The predicted octanol–water partition coefficient (Wildman–Crippen LogP) is 7.29. The van der Waals surface area contributed by atoms with Crippen molar-refractivity contribution < 1.29 is 27.4 Å². The number of phenols is 1. The Bertz CT molecular complexity index is 2100. The van der Waals surface area contributed by atoms with E-state index in [1.54, 1.807) is 6.07 Å². The Morgan fingerprint density at radius 3 is 2.42 bits per heavy atom. The molecule has 2 unspecified atom stereocenters. The van der Waals surface area contributed by atoms with E-state index < -0.39 is 23.0 Å². The van der Waals surface area contributed by atoms with Crippen molar-refractivity contribution in [1.29, 1.82) is 0 Å². The molecule has 12 heteroatoms. The minimum atomic E-state index is -2.53. The highest BCUT2D eigenvalue weighted by Crippen LogP contribution is 2.66. The third-order valence-corrected chi connectivity index (χ3v) is 12.2. The van der Waals surface area contributed by atoms with Gasteiger partial charge in [0.15, 0.2) is 5.82 Å². The summed E-state index contributed by atoms with van der Waals surface area (Å²) in [5, 5.41) is 15.4. The number of nitrogens with one attached hydrogen (secondary N) is 1. The van der Waals surface area contributed by atoms with Crippen molar-refractivity contribution >= 4 is 39.1 Å². The van der Waals surface area contributed by atoms with E-state index in [9.17, 15) is 18.3 Å². The first-order chi connectivity index (χ1) is 24.0. The number of anilines is 1. The van der Waals surface area contributed by atoms with E-state index in [1.807, 2.05) is 0 Å². The molecule has 2 bridgehead atoms. The fourth-order valence-electron chi connectivity index (χ4n) is 8.72. The molecule has 2 N–H and O–H groups in total. The van der Waals surface area contributed by atoms with Crippen molar-refractivity contribution in [3.8, 4) is 35.2 Å². The highest BCUT2D eigenvalue weighted by molar-refractivity contribution is 6.35. The predicted molar refractivity (Wildman–Crippen MR) is 184 cm³/mol. The molecular formula is C38H36ClF4N5O2. The zero-order valence-corrected chi connectivity index (χ0v) is 28.1. The van der Waals surface area contributed by atoms with Gasteiger partial charge in [-0.25, -0.2) is 17.6 Å². The smallest absolute Gasteiger partial charge is 0.319 e. The molecule has 3 aliphatic heterocycles. The molecule has 9 rings (SSSR count). The summed E-state index contributed by atoms with van der Waals surface area (Å²) in [6, 6.07) is 7.65. The molecule has 3 aromatic carbocycles. The highest BCUT2D eigenvalue weighted by atomic mass is 35.5. The lowest BCUT2D eigenvalue weighted by molar-refractivity contribution is 0.0252. The quantitative estimate of drug-likeness (QED) is 0.155. The van der Waals surface area contributed by atoms with E-state index in [4.69, 9.17) is 27.7 Å². The number of hydrogen-bond donors (Lipinski definition) is 2. The van der Waals surface area contributed by atoms with Gasteiger partial charge < -0.3 is 25.0 Å². The number of halogens is 5. The number of aromatic hydroxyl groups is 1. The van der Waals surface area contributed by atoms with Crippen LogP contribution in [0, 0.1) is 34.8 Å². The van der Waals surface area contributed by atoms with Gasteiger partial charge in [-0.15, -0.1) is 6.42 Å². The van der Waals surface area contributed by atoms with Crippen LogP contribution in [0.15, 0.2) is 30.3 Å². The van der Waals surface area contributed by atoms with E-state index in [0.29, 0.717) is 62.2 Å². The Labute approximate surface area is 292 Å². The highest BCUT2D eigenvalue weighted by Gasteiger charge is 2.70. The minimum absolute atomic E-state index is 0.00536. The van der Waals surface area contributed by atoms with Crippen molar-refractivity contribution in [2.75, 3.05) is 44.2 Å². The first-order valence-corrected chi connectivity index (χ1v) is 17.7. The molecule has 5 aliphatic rings. The van der Waals surface area contributed by atoms with Gasteiger partial charge in [0.25, 0.3) is 5.92 Å². The van der Waals surface area contributed by atoms with Crippen molar-refractivity contribution in [3.05, 3.63) is 52.6 Å². The first-order valence-electron chi connectivity index (χ1n) is 17.3.